The SMILES string of the molecule is CCCCc1ccc(OC[C@@H](C)CCP(=O)(O)O)c(F)c1F. The molecule has 0 fully saturated rings. The van der Waals surface area contributed by atoms with E-state index in [0.29, 0.717) is 12.0 Å². The molecule has 0 heterocycles. The molecule has 0 aliphatic heterocycles. The van der Waals surface area contributed by atoms with Crippen molar-refractivity contribution in [3.05, 3.63) is 29.3 Å². The van der Waals surface area contributed by atoms with Crippen molar-refractivity contribution < 1.29 is 27.9 Å². The number of unbranched alkanes of at least 4 members (excludes halogenated alkanes) is 1. The van der Waals surface area contributed by atoms with E-state index in [0.717, 1.165) is 12.8 Å². The van der Waals surface area contributed by atoms with Crippen LogP contribution in [0.5, 0.6) is 5.75 Å². The zero-order valence-electron chi connectivity index (χ0n) is 12.9. The van der Waals surface area contributed by atoms with Crippen LogP contribution in [0.3, 0.4) is 0 Å². The van der Waals surface area contributed by atoms with E-state index in [9.17, 15) is 13.3 Å². The van der Waals surface area contributed by atoms with Crippen LogP contribution < -0.4 is 4.74 Å². The molecule has 1 aromatic rings. The van der Waals surface area contributed by atoms with Gasteiger partial charge in [-0.05, 0) is 36.8 Å². The Balaban J connectivity index is 2.59. The van der Waals surface area contributed by atoms with Gasteiger partial charge in [-0.3, -0.25) is 4.57 Å². The van der Waals surface area contributed by atoms with E-state index in [1.165, 1.54) is 12.1 Å². The first-order valence-corrected chi connectivity index (χ1v) is 9.18. The van der Waals surface area contributed by atoms with Crippen molar-refractivity contribution >= 4 is 7.60 Å². The van der Waals surface area contributed by atoms with Gasteiger partial charge in [-0.15, -0.1) is 0 Å². The van der Waals surface area contributed by atoms with Gasteiger partial charge in [0.2, 0.25) is 5.82 Å². The predicted molar refractivity (Wildman–Crippen MR) is 81.2 cm³/mol. The zero-order valence-corrected chi connectivity index (χ0v) is 13.8. The molecule has 0 radical (unpaired) electrons. The fourth-order valence-electron chi connectivity index (χ4n) is 1.95. The average molecular weight is 336 g/mol. The predicted octanol–water partition coefficient (Wildman–Crippen LogP) is 3.89. The standard InChI is InChI=1S/C15H23F2O4P/c1-3-4-5-12-6-7-13(15(17)14(12)16)21-10-11(2)8-9-22(18,19)20/h6-7,11H,3-5,8-10H2,1-2H3,(H2,18,19,20)/t11-/m0/s1. The van der Waals surface area contributed by atoms with E-state index in [4.69, 9.17) is 14.5 Å². The van der Waals surface area contributed by atoms with Crippen LogP contribution in [0, 0.1) is 17.6 Å². The van der Waals surface area contributed by atoms with Crippen molar-refractivity contribution in [2.24, 2.45) is 5.92 Å². The van der Waals surface area contributed by atoms with Crippen LogP contribution in [0.1, 0.15) is 38.7 Å². The molecular weight excluding hydrogens is 313 g/mol. The van der Waals surface area contributed by atoms with Crippen LogP contribution in [0.25, 0.3) is 0 Å². The zero-order chi connectivity index (χ0) is 16.8. The van der Waals surface area contributed by atoms with E-state index in [1.807, 2.05) is 6.92 Å². The van der Waals surface area contributed by atoms with Crippen molar-refractivity contribution in [2.75, 3.05) is 12.8 Å². The number of ether oxygens (including phenoxy) is 1. The van der Waals surface area contributed by atoms with Crippen LogP contribution in [-0.4, -0.2) is 22.6 Å². The molecule has 0 aromatic heterocycles. The lowest BCUT2D eigenvalue weighted by Gasteiger charge is -2.15. The largest absolute Gasteiger partial charge is 0.490 e. The van der Waals surface area contributed by atoms with E-state index in [2.05, 4.69) is 0 Å². The summed E-state index contributed by atoms with van der Waals surface area (Å²) in [6.45, 7) is 3.79. The van der Waals surface area contributed by atoms with Crippen LogP contribution in [0.4, 0.5) is 8.78 Å². The highest BCUT2D eigenvalue weighted by atomic mass is 31.2. The number of halogens is 2. The summed E-state index contributed by atoms with van der Waals surface area (Å²) in [6, 6.07) is 2.92. The Morgan fingerprint density at radius 1 is 1.27 bits per heavy atom. The maximum atomic E-state index is 13.9. The summed E-state index contributed by atoms with van der Waals surface area (Å²) in [5.41, 5.74) is 0.334. The lowest BCUT2D eigenvalue weighted by atomic mass is 10.1. The summed E-state index contributed by atoms with van der Waals surface area (Å²) in [5.74, 6) is -2.22. The topological polar surface area (TPSA) is 66.8 Å². The lowest BCUT2D eigenvalue weighted by Crippen LogP contribution is -2.12. The van der Waals surface area contributed by atoms with E-state index >= 15 is 0 Å². The summed E-state index contributed by atoms with van der Waals surface area (Å²) >= 11 is 0. The number of rotatable bonds is 9. The molecule has 22 heavy (non-hydrogen) atoms. The molecule has 0 saturated heterocycles. The average Bonchev–Trinajstić information content (AvgIpc) is 2.45. The summed E-state index contributed by atoms with van der Waals surface area (Å²) in [7, 11) is -4.04. The van der Waals surface area contributed by atoms with Gasteiger partial charge < -0.3 is 14.5 Å². The second-order valence-electron chi connectivity index (χ2n) is 5.55. The van der Waals surface area contributed by atoms with Gasteiger partial charge in [-0.2, -0.15) is 4.39 Å². The highest BCUT2D eigenvalue weighted by Crippen LogP contribution is 2.36. The Hall–Kier alpha value is -0.970. The fraction of sp³-hybridized carbons (Fsp3) is 0.600. The van der Waals surface area contributed by atoms with Crippen molar-refractivity contribution in [1.82, 2.24) is 0 Å². The number of benzene rings is 1. The first-order chi connectivity index (χ1) is 10.2. The van der Waals surface area contributed by atoms with Crippen molar-refractivity contribution in [3.8, 4) is 5.75 Å². The van der Waals surface area contributed by atoms with Gasteiger partial charge in [-0.1, -0.05) is 26.3 Å². The molecule has 0 saturated carbocycles. The highest BCUT2D eigenvalue weighted by Gasteiger charge is 2.17. The Morgan fingerprint density at radius 2 is 1.95 bits per heavy atom. The van der Waals surface area contributed by atoms with Crippen LogP contribution >= 0.6 is 7.60 Å². The summed E-state index contributed by atoms with van der Waals surface area (Å²) in [6.07, 6.45) is 2.18. The summed E-state index contributed by atoms with van der Waals surface area (Å²) < 4.78 is 43.8. The Labute approximate surface area is 129 Å². The third kappa shape index (κ3) is 6.42. The molecule has 4 nitrogen and oxygen atoms in total. The third-order valence-corrected chi connectivity index (χ3v) is 4.20. The van der Waals surface area contributed by atoms with Crippen molar-refractivity contribution in [3.63, 3.8) is 0 Å². The van der Waals surface area contributed by atoms with Gasteiger partial charge in [0.25, 0.3) is 0 Å². The Kier molecular flexibility index (Phi) is 7.46. The van der Waals surface area contributed by atoms with Gasteiger partial charge in [-0.25, -0.2) is 4.39 Å². The number of hydrogen-bond donors (Lipinski definition) is 2. The minimum absolute atomic E-state index is 0.0741. The van der Waals surface area contributed by atoms with E-state index in [1.54, 1.807) is 6.92 Å². The van der Waals surface area contributed by atoms with E-state index in [-0.39, 0.29) is 30.9 Å². The molecule has 0 unspecified atom stereocenters. The van der Waals surface area contributed by atoms with Gasteiger partial charge in [0.15, 0.2) is 11.6 Å². The minimum Gasteiger partial charge on any atom is -0.490 e. The normalized spacial score (nSPS) is 13.2. The highest BCUT2D eigenvalue weighted by molar-refractivity contribution is 7.51. The molecule has 0 spiro atoms. The third-order valence-electron chi connectivity index (χ3n) is 3.36. The second-order valence-corrected chi connectivity index (χ2v) is 7.32. The lowest BCUT2D eigenvalue weighted by molar-refractivity contribution is 0.241. The molecule has 1 aromatic carbocycles. The maximum Gasteiger partial charge on any atom is 0.325 e. The molecule has 1 rings (SSSR count). The molecule has 126 valence electrons. The van der Waals surface area contributed by atoms with Crippen molar-refractivity contribution in [2.45, 2.75) is 39.5 Å². The van der Waals surface area contributed by atoms with Gasteiger partial charge in [0.1, 0.15) is 0 Å². The Morgan fingerprint density at radius 3 is 2.55 bits per heavy atom. The van der Waals surface area contributed by atoms with Crippen LogP contribution in [0.2, 0.25) is 0 Å². The van der Waals surface area contributed by atoms with Gasteiger partial charge in [0.05, 0.1) is 12.8 Å². The van der Waals surface area contributed by atoms with Crippen LogP contribution in [-0.2, 0) is 11.0 Å². The van der Waals surface area contributed by atoms with Crippen molar-refractivity contribution in [1.29, 1.82) is 0 Å². The second kappa shape index (κ2) is 8.61. The number of hydrogen-bond acceptors (Lipinski definition) is 2. The van der Waals surface area contributed by atoms with Gasteiger partial charge >= 0.3 is 7.60 Å². The molecule has 1 atom stereocenters. The molecular formula is C15H23F2O4P. The van der Waals surface area contributed by atoms with Crippen LogP contribution in [0.15, 0.2) is 12.1 Å². The summed E-state index contributed by atoms with van der Waals surface area (Å²) in [4.78, 5) is 17.6. The fourth-order valence-corrected chi connectivity index (χ4v) is 2.72. The van der Waals surface area contributed by atoms with Gasteiger partial charge in [0, 0.05) is 0 Å². The Bertz CT molecular complexity index is 531. The molecule has 0 bridgehead atoms. The quantitative estimate of drug-likeness (QED) is 0.672. The first kappa shape index (κ1) is 19.1. The van der Waals surface area contributed by atoms with E-state index < -0.39 is 19.2 Å². The monoisotopic (exact) mass is 336 g/mol. The molecule has 2 N–H and O–H groups in total. The smallest absolute Gasteiger partial charge is 0.325 e. The molecule has 0 aliphatic rings. The minimum atomic E-state index is -4.04. The first-order valence-electron chi connectivity index (χ1n) is 7.38. The maximum absolute atomic E-state index is 13.9. The number of aryl methyl sites for hydroxylation is 1. The summed E-state index contributed by atoms with van der Waals surface area (Å²) in [5, 5.41) is 0. The molecule has 7 heteroatoms. The molecule has 0 amide bonds. The molecule has 0 aliphatic carbocycles.